The molecule has 0 atom stereocenters. The zero-order valence-electron chi connectivity index (χ0n) is 8.93. The molecule has 0 aliphatic heterocycles. The second-order valence-electron chi connectivity index (χ2n) is 5.23. The summed E-state index contributed by atoms with van der Waals surface area (Å²) in [6, 6.07) is 3.38. The lowest BCUT2D eigenvalue weighted by Crippen LogP contribution is -2.03. The molecule has 0 aromatic heterocycles. The molecule has 0 bridgehead atoms. The molecule has 0 nitrogen and oxygen atoms in total. The van der Waals surface area contributed by atoms with Crippen LogP contribution in [0.3, 0.4) is 0 Å². The standard InChI is InChI=1S/C12H24Si/c1-2-6-11(5-1)9-13-10-12-7-3-4-8-12/h11-12H,1-10,13H2. The first-order valence-electron chi connectivity index (χ1n) is 6.45. The lowest BCUT2D eigenvalue weighted by atomic mass is 10.1. The topological polar surface area (TPSA) is 0 Å². The summed E-state index contributed by atoms with van der Waals surface area (Å²) in [5.41, 5.74) is 0. The van der Waals surface area contributed by atoms with Crippen molar-refractivity contribution in [3.8, 4) is 0 Å². The van der Waals surface area contributed by atoms with Crippen LogP contribution in [0.15, 0.2) is 0 Å². The zero-order chi connectivity index (χ0) is 8.93. The molecule has 2 rings (SSSR count). The molecule has 0 aromatic rings. The Morgan fingerprint density at radius 2 is 1.08 bits per heavy atom. The van der Waals surface area contributed by atoms with Gasteiger partial charge < -0.3 is 0 Å². The SMILES string of the molecule is C1CCC(C[SiH2]CC2CCCC2)C1. The Bertz CT molecular complexity index is 116. The van der Waals surface area contributed by atoms with E-state index in [1.165, 1.54) is 11.8 Å². The molecular weight excluding hydrogens is 172 g/mol. The Morgan fingerprint density at radius 3 is 1.46 bits per heavy atom. The lowest BCUT2D eigenvalue weighted by molar-refractivity contribution is 0.585. The van der Waals surface area contributed by atoms with Crippen molar-refractivity contribution in [2.75, 3.05) is 0 Å². The Labute approximate surface area is 85.3 Å². The molecule has 13 heavy (non-hydrogen) atoms. The Balaban J connectivity index is 1.52. The van der Waals surface area contributed by atoms with Crippen molar-refractivity contribution in [1.29, 1.82) is 0 Å². The molecule has 0 saturated heterocycles. The highest BCUT2D eigenvalue weighted by Crippen LogP contribution is 2.31. The van der Waals surface area contributed by atoms with E-state index in [4.69, 9.17) is 0 Å². The summed E-state index contributed by atoms with van der Waals surface area (Å²) < 4.78 is 0. The van der Waals surface area contributed by atoms with Crippen LogP contribution in [0.4, 0.5) is 0 Å². The molecule has 0 aromatic carbocycles. The summed E-state index contributed by atoms with van der Waals surface area (Å²) in [7, 11) is 0.352. The van der Waals surface area contributed by atoms with E-state index >= 15 is 0 Å². The highest BCUT2D eigenvalue weighted by molar-refractivity contribution is 6.35. The fourth-order valence-electron chi connectivity index (χ4n) is 3.29. The normalized spacial score (nSPS) is 25.8. The van der Waals surface area contributed by atoms with Crippen LogP contribution in [0.1, 0.15) is 51.4 Å². The van der Waals surface area contributed by atoms with E-state index in [2.05, 4.69) is 0 Å². The third-order valence-corrected chi connectivity index (χ3v) is 6.62. The van der Waals surface area contributed by atoms with Gasteiger partial charge in [0.1, 0.15) is 0 Å². The molecule has 0 radical (unpaired) electrons. The number of hydrogen-bond acceptors (Lipinski definition) is 0. The quantitative estimate of drug-likeness (QED) is 0.605. The third kappa shape index (κ3) is 3.12. The van der Waals surface area contributed by atoms with Gasteiger partial charge in [0.2, 0.25) is 0 Å². The van der Waals surface area contributed by atoms with E-state index in [9.17, 15) is 0 Å². The maximum atomic E-state index is 1.69. The molecule has 0 heterocycles. The van der Waals surface area contributed by atoms with Crippen LogP contribution in [0.2, 0.25) is 12.1 Å². The Morgan fingerprint density at radius 1 is 0.692 bits per heavy atom. The largest absolute Gasteiger partial charge is 0.0599 e. The average molecular weight is 196 g/mol. The second-order valence-corrected chi connectivity index (χ2v) is 7.09. The van der Waals surface area contributed by atoms with E-state index < -0.39 is 0 Å². The minimum Gasteiger partial charge on any atom is -0.0599 e. The van der Waals surface area contributed by atoms with Crippen molar-refractivity contribution >= 4 is 9.52 Å². The second kappa shape index (κ2) is 5.19. The molecule has 2 fully saturated rings. The Kier molecular flexibility index (Phi) is 3.89. The van der Waals surface area contributed by atoms with E-state index in [0.717, 1.165) is 0 Å². The van der Waals surface area contributed by atoms with Gasteiger partial charge in [-0.05, 0) is 11.8 Å². The first kappa shape index (κ1) is 9.76. The third-order valence-electron chi connectivity index (χ3n) is 4.17. The minimum atomic E-state index is 0.352. The Hall–Kier alpha value is 0.217. The van der Waals surface area contributed by atoms with Crippen LogP contribution >= 0.6 is 0 Å². The predicted octanol–water partition coefficient (Wildman–Crippen LogP) is 3.37. The maximum Gasteiger partial charge on any atom is 0.0203 e. The van der Waals surface area contributed by atoms with E-state index in [1.54, 1.807) is 63.5 Å². The van der Waals surface area contributed by atoms with E-state index in [-0.39, 0.29) is 0 Å². The maximum absolute atomic E-state index is 1.69. The molecule has 2 aliphatic carbocycles. The summed E-state index contributed by atoms with van der Waals surface area (Å²) >= 11 is 0. The van der Waals surface area contributed by atoms with Crippen LogP contribution in [0.5, 0.6) is 0 Å². The zero-order valence-corrected chi connectivity index (χ0v) is 10.3. The van der Waals surface area contributed by atoms with Crippen LogP contribution in [0.25, 0.3) is 0 Å². The van der Waals surface area contributed by atoms with Crippen molar-refractivity contribution in [2.24, 2.45) is 11.8 Å². The molecule has 2 aliphatic rings. The fourth-order valence-corrected chi connectivity index (χ4v) is 5.84. The summed E-state index contributed by atoms with van der Waals surface area (Å²) in [4.78, 5) is 0. The van der Waals surface area contributed by atoms with Gasteiger partial charge in [-0.1, -0.05) is 63.5 Å². The van der Waals surface area contributed by atoms with Crippen LogP contribution < -0.4 is 0 Å². The van der Waals surface area contributed by atoms with Gasteiger partial charge in [-0.15, -0.1) is 0 Å². The number of hydrogen-bond donors (Lipinski definition) is 0. The molecule has 0 unspecified atom stereocenters. The highest BCUT2D eigenvalue weighted by Gasteiger charge is 2.17. The fraction of sp³-hybridized carbons (Fsp3) is 1.00. The molecule has 0 N–H and O–H groups in total. The monoisotopic (exact) mass is 196 g/mol. The van der Waals surface area contributed by atoms with Gasteiger partial charge in [0.25, 0.3) is 0 Å². The molecular formula is C12H24Si. The van der Waals surface area contributed by atoms with Crippen molar-refractivity contribution < 1.29 is 0 Å². The molecule has 76 valence electrons. The van der Waals surface area contributed by atoms with Crippen LogP contribution in [-0.4, -0.2) is 9.52 Å². The van der Waals surface area contributed by atoms with E-state index in [1.807, 2.05) is 0 Å². The van der Waals surface area contributed by atoms with Gasteiger partial charge in [0.05, 0.1) is 0 Å². The lowest BCUT2D eigenvalue weighted by Gasteiger charge is -2.11. The molecule has 0 amide bonds. The van der Waals surface area contributed by atoms with Crippen molar-refractivity contribution in [3.63, 3.8) is 0 Å². The van der Waals surface area contributed by atoms with Gasteiger partial charge in [0, 0.05) is 9.52 Å². The van der Waals surface area contributed by atoms with Gasteiger partial charge in [0.15, 0.2) is 0 Å². The molecule has 0 spiro atoms. The van der Waals surface area contributed by atoms with Crippen LogP contribution in [-0.2, 0) is 0 Å². The molecule has 1 heteroatoms. The van der Waals surface area contributed by atoms with Crippen LogP contribution in [0, 0.1) is 11.8 Å². The van der Waals surface area contributed by atoms with Gasteiger partial charge in [-0.3, -0.25) is 0 Å². The van der Waals surface area contributed by atoms with Gasteiger partial charge in [-0.25, -0.2) is 0 Å². The minimum absolute atomic E-state index is 0.352. The summed E-state index contributed by atoms with van der Waals surface area (Å²) in [6.07, 6.45) is 12.5. The highest BCUT2D eigenvalue weighted by atomic mass is 28.2. The summed E-state index contributed by atoms with van der Waals surface area (Å²) in [5.74, 6) is 2.38. The summed E-state index contributed by atoms with van der Waals surface area (Å²) in [6.45, 7) is 0. The first-order valence-corrected chi connectivity index (χ1v) is 8.45. The van der Waals surface area contributed by atoms with Gasteiger partial charge in [-0.2, -0.15) is 0 Å². The first-order chi connectivity index (χ1) is 6.45. The predicted molar refractivity (Wildman–Crippen MR) is 62.1 cm³/mol. The number of rotatable bonds is 4. The van der Waals surface area contributed by atoms with Crippen molar-refractivity contribution in [1.82, 2.24) is 0 Å². The van der Waals surface area contributed by atoms with Crippen molar-refractivity contribution in [3.05, 3.63) is 0 Å². The van der Waals surface area contributed by atoms with Gasteiger partial charge >= 0.3 is 0 Å². The smallest absolute Gasteiger partial charge is 0.0203 e. The molecule has 2 saturated carbocycles. The van der Waals surface area contributed by atoms with E-state index in [0.29, 0.717) is 9.52 Å². The average Bonchev–Trinajstić information content (AvgIpc) is 2.75. The van der Waals surface area contributed by atoms with Crippen molar-refractivity contribution in [2.45, 2.75) is 63.5 Å². The summed E-state index contributed by atoms with van der Waals surface area (Å²) in [5, 5.41) is 0.